The van der Waals surface area contributed by atoms with Crippen molar-refractivity contribution in [2.75, 3.05) is 5.32 Å². The van der Waals surface area contributed by atoms with E-state index in [2.05, 4.69) is 32.2 Å². The Morgan fingerprint density at radius 2 is 1.88 bits per heavy atom. The molecule has 2 heterocycles. The summed E-state index contributed by atoms with van der Waals surface area (Å²) in [4.78, 5) is 8.99. The number of thiazole rings is 1. The third-order valence-corrected chi connectivity index (χ3v) is 6.03. The van der Waals surface area contributed by atoms with Gasteiger partial charge in [0, 0.05) is 28.1 Å². The third kappa shape index (κ3) is 4.47. The number of halogens is 2. The largest absolute Gasteiger partial charge is 0.505 e. The first-order valence-electron chi connectivity index (χ1n) is 10.3. The molecule has 0 saturated heterocycles. The highest BCUT2D eigenvalue weighted by Gasteiger charge is 2.21. The van der Waals surface area contributed by atoms with Crippen LogP contribution in [0, 0.1) is 12.1 Å². The van der Waals surface area contributed by atoms with Gasteiger partial charge in [0.2, 0.25) is 0 Å². The molecule has 34 heavy (non-hydrogen) atoms. The van der Waals surface area contributed by atoms with Gasteiger partial charge in [-0.25, -0.2) is 4.98 Å². The number of nitrogens with one attached hydrogen (secondary N) is 1. The van der Waals surface area contributed by atoms with Gasteiger partial charge < -0.3 is 15.2 Å². The Morgan fingerprint density at radius 3 is 2.65 bits per heavy atom. The fourth-order valence-corrected chi connectivity index (χ4v) is 4.41. The SMILES string of the molecule is Oc1c(C(Nc2nc(-c3cc#ccc3)cs2)c2ccc(OC(F)F)cc2)ccc2cccnc12. The quantitative estimate of drug-likeness (QED) is 0.284. The lowest BCUT2D eigenvalue weighted by molar-refractivity contribution is -0.0498. The number of hydrogen-bond acceptors (Lipinski definition) is 6. The maximum atomic E-state index is 12.6. The van der Waals surface area contributed by atoms with Gasteiger partial charge in [-0.05, 0) is 42.0 Å². The van der Waals surface area contributed by atoms with E-state index in [1.807, 2.05) is 29.6 Å². The van der Waals surface area contributed by atoms with Crippen LogP contribution in [-0.4, -0.2) is 21.7 Å². The predicted octanol–water partition coefficient (Wildman–Crippen LogP) is 6.47. The van der Waals surface area contributed by atoms with Crippen molar-refractivity contribution in [3.05, 3.63) is 102 Å². The van der Waals surface area contributed by atoms with E-state index in [9.17, 15) is 13.9 Å². The van der Waals surface area contributed by atoms with Gasteiger partial charge >= 0.3 is 6.61 Å². The van der Waals surface area contributed by atoms with Gasteiger partial charge in [0.1, 0.15) is 17.0 Å². The van der Waals surface area contributed by atoms with Crippen LogP contribution in [0.5, 0.6) is 11.5 Å². The van der Waals surface area contributed by atoms with Crippen LogP contribution in [0.2, 0.25) is 0 Å². The van der Waals surface area contributed by atoms with Gasteiger partial charge in [-0.2, -0.15) is 8.78 Å². The van der Waals surface area contributed by atoms with E-state index < -0.39 is 12.7 Å². The summed E-state index contributed by atoms with van der Waals surface area (Å²) in [5.41, 5.74) is 3.47. The van der Waals surface area contributed by atoms with Crippen LogP contribution in [0.1, 0.15) is 17.2 Å². The average Bonchev–Trinajstić information content (AvgIpc) is 3.33. The zero-order valence-electron chi connectivity index (χ0n) is 17.6. The van der Waals surface area contributed by atoms with E-state index in [0.717, 1.165) is 22.2 Å². The summed E-state index contributed by atoms with van der Waals surface area (Å²) in [6.45, 7) is -2.91. The van der Waals surface area contributed by atoms with Crippen LogP contribution in [0.25, 0.3) is 22.2 Å². The van der Waals surface area contributed by atoms with Crippen LogP contribution in [0.15, 0.2) is 78.3 Å². The summed E-state index contributed by atoms with van der Waals surface area (Å²) in [5, 5.41) is 17.8. The van der Waals surface area contributed by atoms with Gasteiger partial charge in [0.05, 0.1) is 11.7 Å². The van der Waals surface area contributed by atoms with Crippen molar-refractivity contribution >= 4 is 27.4 Å². The number of nitrogens with zero attached hydrogens (tertiary/aromatic N) is 2. The van der Waals surface area contributed by atoms with Crippen molar-refractivity contribution in [1.29, 1.82) is 0 Å². The number of benzene rings is 2. The zero-order valence-corrected chi connectivity index (χ0v) is 18.4. The number of phenolic OH excluding ortho intramolecular Hbond substituents is 1. The summed E-state index contributed by atoms with van der Waals surface area (Å²) < 4.78 is 29.7. The molecule has 2 aromatic heterocycles. The van der Waals surface area contributed by atoms with Gasteiger partial charge in [0.25, 0.3) is 0 Å². The zero-order chi connectivity index (χ0) is 23.5. The van der Waals surface area contributed by atoms with E-state index >= 15 is 0 Å². The van der Waals surface area contributed by atoms with Gasteiger partial charge in [-0.15, -0.1) is 11.3 Å². The number of ether oxygens (including phenoxy) is 1. The fourth-order valence-electron chi connectivity index (χ4n) is 3.66. The number of aromatic nitrogens is 2. The second-order valence-corrected chi connectivity index (χ2v) is 8.22. The molecule has 5 nitrogen and oxygen atoms in total. The molecular formula is C26H17F2N3O2S. The average molecular weight is 474 g/mol. The molecular weight excluding hydrogens is 456 g/mol. The lowest BCUT2D eigenvalue weighted by atomic mass is 9.96. The highest BCUT2D eigenvalue weighted by Crippen LogP contribution is 2.38. The number of anilines is 1. The van der Waals surface area contributed by atoms with Gasteiger partial charge in [-0.3, -0.25) is 4.98 Å². The summed E-state index contributed by atoms with van der Waals surface area (Å²) in [6.07, 6.45) is 1.62. The Bertz CT molecular complexity index is 1410. The molecule has 1 unspecified atom stereocenters. The minimum absolute atomic E-state index is 0.0356. The molecule has 0 radical (unpaired) electrons. The van der Waals surface area contributed by atoms with Gasteiger partial charge in [0.15, 0.2) is 5.13 Å². The molecule has 0 aliphatic carbocycles. The maximum absolute atomic E-state index is 12.6. The van der Waals surface area contributed by atoms with Gasteiger partial charge in [-0.1, -0.05) is 42.5 Å². The molecule has 0 saturated carbocycles. The molecule has 3 aromatic carbocycles. The van der Waals surface area contributed by atoms with Crippen molar-refractivity contribution in [3.8, 4) is 22.8 Å². The third-order valence-electron chi connectivity index (χ3n) is 5.25. The van der Waals surface area contributed by atoms with Crippen molar-refractivity contribution in [3.63, 3.8) is 0 Å². The van der Waals surface area contributed by atoms with Crippen LogP contribution >= 0.6 is 11.3 Å². The molecule has 0 aliphatic heterocycles. The molecule has 0 aliphatic rings. The van der Waals surface area contributed by atoms with Crippen LogP contribution in [0.4, 0.5) is 13.9 Å². The van der Waals surface area contributed by atoms with E-state index in [-0.39, 0.29) is 11.5 Å². The molecule has 0 amide bonds. The van der Waals surface area contributed by atoms with E-state index in [0.29, 0.717) is 16.2 Å². The second kappa shape index (κ2) is 9.33. The number of hydrogen-bond donors (Lipinski definition) is 2. The molecule has 2 N–H and O–H groups in total. The van der Waals surface area contributed by atoms with Crippen LogP contribution in [-0.2, 0) is 0 Å². The standard InChI is InChI=1S/C26H17F2N3O2S/c27-25(28)33-19-11-8-18(9-12-19)22(20-13-10-17-7-4-14-29-23(17)24(20)32)31-26-30-21(15-34-26)16-5-2-1-3-6-16/h2,4-15,22,25,32H,(H,30,31). The van der Waals surface area contributed by atoms with E-state index in [1.165, 1.54) is 23.5 Å². The smallest absolute Gasteiger partial charge is 0.387 e. The Kier molecular flexibility index (Phi) is 5.93. The first kappa shape index (κ1) is 21.6. The Morgan fingerprint density at radius 1 is 1.03 bits per heavy atom. The number of phenols is 1. The molecule has 0 spiro atoms. The van der Waals surface area contributed by atoms with Crippen molar-refractivity contribution in [2.24, 2.45) is 0 Å². The number of rotatable bonds is 7. The molecule has 5 rings (SSSR count). The van der Waals surface area contributed by atoms with Crippen LogP contribution in [0.3, 0.4) is 0 Å². The molecule has 1 atom stereocenters. The highest BCUT2D eigenvalue weighted by molar-refractivity contribution is 7.14. The molecule has 8 heteroatoms. The Labute approximate surface area is 198 Å². The lowest BCUT2D eigenvalue weighted by Gasteiger charge is -2.21. The minimum atomic E-state index is -2.91. The number of aromatic hydroxyl groups is 1. The maximum Gasteiger partial charge on any atom is 0.387 e. The predicted molar refractivity (Wildman–Crippen MR) is 127 cm³/mol. The van der Waals surface area contributed by atoms with Crippen molar-refractivity contribution < 1.29 is 18.6 Å². The van der Waals surface area contributed by atoms with Crippen molar-refractivity contribution in [2.45, 2.75) is 12.7 Å². The highest BCUT2D eigenvalue weighted by atomic mass is 32.1. The lowest BCUT2D eigenvalue weighted by Crippen LogP contribution is -2.13. The minimum Gasteiger partial charge on any atom is -0.505 e. The topological polar surface area (TPSA) is 67.3 Å². The second-order valence-electron chi connectivity index (χ2n) is 7.36. The number of alkyl halides is 2. The number of fused-ring (bicyclic) bond motifs is 1. The fraction of sp³-hybridized carbons (Fsp3) is 0.0769. The summed E-state index contributed by atoms with van der Waals surface area (Å²) in [6, 6.07) is 24.4. The molecule has 0 fully saturated rings. The van der Waals surface area contributed by atoms with Crippen LogP contribution < -0.4 is 10.1 Å². The van der Waals surface area contributed by atoms with E-state index in [4.69, 9.17) is 0 Å². The van der Waals surface area contributed by atoms with Crippen molar-refractivity contribution in [1.82, 2.24) is 9.97 Å². The first-order valence-corrected chi connectivity index (χ1v) is 11.2. The number of pyridine rings is 1. The molecule has 5 aromatic rings. The summed E-state index contributed by atoms with van der Waals surface area (Å²) >= 11 is 1.42. The molecule has 0 bridgehead atoms. The Balaban J connectivity index is 1.54. The monoisotopic (exact) mass is 473 g/mol. The normalized spacial score (nSPS) is 11.9. The molecule has 168 valence electrons. The summed E-state index contributed by atoms with van der Waals surface area (Å²) in [7, 11) is 0. The van der Waals surface area contributed by atoms with E-state index in [1.54, 1.807) is 36.5 Å². The summed E-state index contributed by atoms with van der Waals surface area (Å²) in [5.74, 6) is 0.0871. The first-order chi connectivity index (χ1) is 16.6. The Hall–Kier alpha value is -4.22.